The predicted octanol–water partition coefficient (Wildman–Crippen LogP) is 15.2. The lowest BCUT2D eigenvalue weighted by Crippen LogP contribution is -2.59. The van der Waals surface area contributed by atoms with Gasteiger partial charge in [0, 0.05) is 49.6 Å². The lowest BCUT2D eigenvalue weighted by Gasteiger charge is -2.37. The molecule has 0 unspecified atom stereocenters. The molecule has 11 aromatic carbocycles. The van der Waals surface area contributed by atoms with Gasteiger partial charge >= 0.3 is 0 Å². The first-order valence-corrected chi connectivity index (χ1v) is 24.3. The Morgan fingerprint density at radius 3 is 1.14 bits per heavy atom. The number of nitrogens with zero attached hydrogens (tertiary/aromatic N) is 3. The first kappa shape index (κ1) is 38.9. The fraction of sp³-hybridized carbons (Fsp3) is 0. The van der Waals surface area contributed by atoms with Crippen molar-refractivity contribution in [3.8, 4) is 55.9 Å². The molecule has 3 nitrogen and oxygen atoms in total. The van der Waals surface area contributed by atoms with Crippen molar-refractivity contribution in [2.45, 2.75) is 0 Å². The third-order valence-corrected chi connectivity index (χ3v) is 15.0. The van der Waals surface area contributed by atoms with E-state index in [1.165, 1.54) is 116 Å². The Kier molecular flexibility index (Phi) is 8.45. The van der Waals surface area contributed by atoms with Crippen molar-refractivity contribution in [2.75, 3.05) is 4.90 Å². The minimum absolute atomic E-state index is 0.105. The Morgan fingerprint density at radius 2 is 0.686 bits per heavy atom. The molecule has 13 aromatic rings. The van der Waals surface area contributed by atoms with E-state index in [0.717, 1.165) is 17.1 Å². The van der Waals surface area contributed by atoms with E-state index >= 15 is 0 Å². The Labute approximate surface area is 406 Å². The highest BCUT2D eigenvalue weighted by Crippen LogP contribution is 2.47. The standard InChI is InChI=1S/C66H42BN3/c1-7-19-43(20-8-1)47-31-33-59-53(37-47)55-39-49(45-23-11-3-12-24-45)41-57-64(55)69(59)61-35-36-62(68(51-27-15-5-16-28-51)52-29-17-6-18-30-52)66-63(61)67(57)58-42-50(46-25-13-4-14-26-46)40-56-54-38-48(44-21-9-2-10-22-44)32-34-60(54)70(66)65(56)58/h1-42H. The minimum atomic E-state index is -0.105. The molecule has 0 aliphatic carbocycles. The summed E-state index contributed by atoms with van der Waals surface area (Å²) in [5.41, 5.74) is 24.3. The van der Waals surface area contributed by atoms with E-state index in [9.17, 15) is 0 Å². The molecule has 0 N–H and O–H groups in total. The third kappa shape index (κ3) is 5.71. The molecule has 0 amide bonds. The molecule has 4 heterocycles. The van der Waals surface area contributed by atoms with Crippen LogP contribution in [0.5, 0.6) is 0 Å². The molecule has 2 aliphatic heterocycles. The number of benzene rings is 11. The zero-order valence-corrected chi connectivity index (χ0v) is 38.2. The van der Waals surface area contributed by atoms with E-state index in [1.807, 2.05) is 0 Å². The lowest BCUT2D eigenvalue weighted by atomic mass is 9.34. The quantitative estimate of drug-likeness (QED) is 0.145. The van der Waals surface area contributed by atoms with Crippen molar-refractivity contribution in [1.29, 1.82) is 0 Å². The van der Waals surface area contributed by atoms with E-state index in [2.05, 4.69) is 269 Å². The van der Waals surface area contributed by atoms with Gasteiger partial charge in [0.25, 0.3) is 6.71 Å². The van der Waals surface area contributed by atoms with Crippen LogP contribution in [-0.2, 0) is 0 Å². The molecule has 0 spiro atoms. The maximum Gasteiger partial charge on any atom is 0.252 e. The van der Waals surface area contributed by atoms with E-state index < -0.39 is 0 Å². The van der Waals surface area contributed by atoms with Gasteiger partial charge in [-0.25, -0.2) is 0 Å². The van der Waals surface area contributed by atoms with Gasteiger partial charge in [0.15, 0.2) is 0 Å². The second-order valence-corrected chi connectivity index (χ2v) is 18.8. The molecule has 70 heavy (non-hydrogen) atoms. The molecule has 324 valence electrons. The highest BCUT2D eigenvalue weighted by molar-refractivity contribution is 7.00. The van der Waals surface area contributed by atoms with Crippen molar-refractivity contribution < 1.29 is 0 Å². The van der Waals surface area contributed by atoms with Crippen molar-refractivity contribution in [1.82, 2.24) is 9.13 Å². The van der Waals surface area contributed by atoms with Crippen LogP contribution < -0.4 is 21.3 Å². The van der Waals surface area contributed by atoms with Crippen LogP contribution in [0.2, 0.25) is 0 Å². The van der Waals surface area contributed by atoms with Crippen LogP contribution in [0.4, 0.5) is 17.1 Å². The fourth-order valence-corrected chi connectivity index (χ4v) is 12.0. The van der Waals surface area contributed by atoms with Crippen LogP contribution in [0.3, 0.4) is 0 Å². The van der Waals surface area contributed by atoms with Gasteiger partial charge in [-0.05, 0) is 134 Å². The van der Waals surface area contributed by atoms with Crippen LogP contribution in [0, 0.1) is 0 Å². The maximum absolute atomic E-state index is 2.63. The van der Waals surface area contributed by atoms with E-state index in [4.69, 9.17) is 0 Å². The summed E-state index contributed by atoms with van der Waals surface area (Å²) in [6, 6.07) is 94.4. The third-order valence-electron chi connectivity index (χ3n) is 15.0. The molecule has 0 saturated heterocycles. The molecule has 0 atom stereocenters. The fourth-order valence-electron chi connectivity index (χ4n) is 12.0. The van der Waals surface area contributed by atoms with E-state index in [1.54, 1.807) is 0 Å². The first-order valence-electron chi connectivity index (χ1n) is 24.3. The summed E-state index contributed by atoms with van der Waals surface area (Å²) in [7, 11) is 0. The van der Waals surface area contributed by atoms with Gasteiger partial charge in [0.1, 0.15) is 0 Å². The molecule has 2 aliphatic rings. The molecular formula is C66H42BN3. The van der Waals surface area contributed by atoms with Gasteiger partial charge in [-0.2, -0.15) is 0 Å². The van der Waals surface area contributed by atoms with Gasteiger partial charge < -0.3 is 14.0 Å². The average Bonchev–Trinajstić information content (AvgIpc) is 3.96. The molecule has 15 rings (SSSR count). The Hall–Kier alpha value is -9.12. The second-order valence-electron chi connectivity index (χ2n) is 18.8. The molecule has 0 saturated carbocycles. The number of aromatic nitrogens is 2. The SMILES string of the molecule is c1ccc(-c2ccc3c(c2)c2cc(-c4ccccc4)cc4c2n3-c2ccc(N(c3ccccc3)c3ccccc3)c3c2B4c2cc(-c4ccccc4)cc4c5cc(-c6ccccc6)ccc5n-3c24)cc1. The summed E-state index contributed by atoms with van der Waals surface area (Å²) in [5.74, 6) is 0. The maximum atomic E-state index is 2.63. The average molecular weight is 888 g/mol. The van der Waals surface area contributed by atoms with Crippen LogP contribution in [0.25, 0.3) is 99.5 Å². The topological polar surface area (TPSA) is 13.1 Å². The Bertz CT molecular complexity index is 4160. The zero-order chi connectivity index (χ0) is 45.9. The summed E-state index contributed by atoms with van der Waals surface area (Å²) in [6.07, 6.45) is 0. The zero-order valence-electron chi connectivity index (χ0n) is 38.2. The largest absolute Gasteiger partial charge is 0.310 e. The van der Waals surface area contributed by atoms with Crippen molar-refractivity contribution >= 4 is 83.8 Å². The van der Waals surface area contributed by atoms with Gasteiger partial charge in [-0.3, -0.25) is 0 Å². The molecular weight excluding hydrogens is 846 g/mol. The second kappa shape index (κ2) is 15.2. The summed E-state index contributed by atoms with van der Waals surface area (Å²) >= 11 is 0. The van der Waals surface area contributed by atoms with Crippen LogP contribution in [0.15, 0.2) is 255 Å². The van der Waals surface area contributed by atoms with E-state index in [-0.39, 0.29) is 6.71 Å². The Balaban J connectivity index is 1.14. The van der Waals surface area contributed by atoms with Crippen LogP contribution in [-0.4, -0.2) is 15.8 Å². The highest BCUT2D eigenvalue weighted by Gasteiger charge is 2.43. The van der Waals surface area contributed by atoms with Gasteiger partial charge in [-0.1, -0.05) is 182 Å². The first-order chi connectivity index (χ1) is 34.7. The number of para-hydroxylation sites is 2. The monoisotopic (exact) mass is 887 g/mol. The summed E-state index contributed by atoms with van der Waals surface area (Å²) in [5, 5.41) is 5.02. The summed E-state index contributed by atoms with van der Waals surface area (Å²) in [6.45, 7) is -0.105. The smallest absolute Gasteiger partial charge is 0.252 e. The molecule has 0 fully saturated rings. The molecule has 4 heteroatoms. The summed E-state index contributed by atoms with van der Waals surface area (Å²) in [4.78, 5) is 2.47. The normalized spacial score (nSPS) is 12.3. The number of anilines is 3. The van der Waals surface area contributed by atoms with Crippen LogP contribution in [0.1, 0.15) is 0 Å². The van der Waals surface area contributed by atoms with Gasteiger partial charge in [-0.15, -0.1) is 0 Å². The molecule has 0 bridgehead atoms. The number of rotatable bonds is 7. The number of hydrogen-bond donors (Lipinski definition) is 0. The van der Waals surface area contributed by atoms with Crippen molar-refractivity contribution in [3.05, 3.63) is 255 Å². The Morgan fingerprint density at radius 1 is 0.300 bits per heavy atom. The lowest BCUT2D eigenvalue weighted by molar-refractivity contribution is 1.12. The van der Waals surface area contributed by atoms with E-state index in [0.29, 0.717) is 0 Å². The predicted molar refractivity (Wildman–Crippen MR) is 296 cm³/mol. The minimum Gasteiger partial charge on any atom is -0.310 e. The van der Waals surface area contributed by atoms with Gasteiger partial charge in [0.2, 0.25) is 0 Å². The van der Waals surface area contributed by atoms with Crippen molar-refractivity contribution in [3.63, 3.8) is 0 Å². The summed E-state index contributed by atoms with van der Waals surface area (Å²) < 4.78 is 5.23. The van der Waals surface area contributed by atoms with Crippen LogP contribution >= 0.6 is 0 Å². The van der Waals surface area contributed by atoms with Crippen molar-refractivity contribution in [2.24, 2.45) is 0 Å². The molecule has 0 radical (unpaired) electrons. The molecule has 2 aromatic heterocycles. The number of fused-ring (bicyclic) bond motifs is 10. The highest BCUT2D eigenvalue weighted by atomic mass is 15.2. The number of hydrogen-bond acceptors (Lipinski definition) is 1. The van der Waals surface area contributed by atoms with Gasteiger partial charge in [0.05, 0.1) is 22.4 Å².